The monoisotopic (exact) mass is 284 g/mol. The van der Waals surface area contributed by atoms with Crippen LogP contribution in [-0.2, 0) is 0 Å². The van der Waals surface area contributed by atoms with Crippen molar-refractivity contribution in [3.8, 4) is 5.75 Å². The van der Waals surface area contributed by atoms with E-state index in [4.69, 9.17) is 4.74 Å². The highest BCUT2D eigenvalue weighted by Crippen LogP contribution is 2.55. The van der Waals surface area contributed by atoms with Crippen LogP contribution < -0.4 is 4.74 Å². The van der Waals surface area contributed by atoms with E-state index in [-0.39, 0.29) is 0 Å². The van der Waals surface area contributed by atoms with E-state index in [0.717, 1.165) is 17.6 Å². The molecule has 0 radical (unpaired) electrons. The summed E-state index contributed by atoms with van der Waals surface area (Å²) in [5.74, 6) is 3.35. The van der Waals surface area contributed by atoms with Gasteiger partial charge in [0.15, 0.2) is 0 Å². The number of hydrogen-bond acceptors (Lipinski definition) is 2. The molecule has 2 aromatic rings. The standard InChI is InChI=1S/C18H24N2O/c1-20(2)18-12-5-4-11(8-12)17(18)15-10-19-16-7-6-13(21-3)9-14(15)16/h6-7,9-12,17-19H,4-5,8H2,1-3H3/t11-,12+,17+,18-/m0/s1. The maximum Gasteiger partial charge on any atom is 0.119 e. The molecule has 3 heteroatoms. The number of benzene rings is 1. The number of methoxy groups -OCH3 is 1. The fraction of sp³-hybridized carbons (Fsp3) is 0.556. The second-order valence-electron chi connectivity index (χ2n) is 6.97. The van der Waals surface area contributed by atoms with Crippen LogP contribution in [0.2, 0.25) is 0 Å². The number of aromatic nitrogens is 1. The zero-order valence-electron chi connectivity index (χ0n) is 13.1. The summed E-state index contributed by atoms with van der Waals surface area (Å²) in [6.07, 6.45) is 6.46. The molecule has 0 unspecified atom stereocenters. The lowest BCUT2D eigenvalue weighted by Gasteiger charge is -2.35. The second-order valence-corrected chi connectivity index (χ2v) is 6.97. The molecule has 4 rings (SSSR count). The molecule has 1 N–H and O–H groups in total. The van der Waals surface area contributed by atoms with Crippen molar-refractivity contribution in [3.05, 3.63) is 30.0 Å². The number of likely N-dealkylation sites (N-methyl/N-ethyl adjacent to an activating group) is 1. The summed E-state index contributed by atoms with van der Waals surface area (Å²) in [7, 11) is 6.23. The Morgan fingerprint density at radius 2 is 2.00 bits per heavy atom. The molecular weight excluding hydrogens is 260 g/mol. The Morgan fingerprint density at radius 3 is 2.76 bits per heavy atom. The van der Waals surface area contributed by atoms with Crippen LogP contribution in [0.4, 0.5) is 0 Å². The highest BCUT2D eigenvalue weighted by Gasteiger charge is 2.49. The van der Waals surface area contributed by atoms with Crippen molar-refractivity contribution in [2.45, 2.75) is 31.2 Å². The molecule has 0 saturated heterocycles. The van der Waals surface area contributed by atoms with Gasteiger partial charge >= 0.3 is 0 Å². The number of hydrogen-bond donors (Lipinski definition) is 1. The lowest BCUT2D eigenvalue weighted by molar-refractivity contribution is 0.186. The van der Waals surface area contributed by atoms with Crippen molar-refractivity contribution >= 4 is 10.9 Å². The molecule has 0 amide bonds. The highest BCUT2D eigenvalue weighted by atomic mass is 16.5. The topological polar surface area (TPSA) is 28.3 Å². The summed E-state index contributed by atoms with van der Waals surface area (Å²) in [5.41, 5.74) is 2.72. The lowest BCUT2D eigenvalue weighted by Crippen LogP contribution is -2.38. The van der Waals surface area contributed by atoms with E-state index in [1.54, 1.807) is 7.11 Å². The van der Waals surface area contributed by atoms with Gasteiger partial charge in [-0.25, -0.2) is 0 Å². The summed E-state index contributed by atoms with van der Waals surface area (Å²) in [5, 5.41) is 1.35. The largest absolute Gasteiger partial charge is 0.497 e. The van der Waals surface area contributed by atoms with E-state index in [0.29, 0.717) is 12.0 Å². The maximum absolute atomic E-state index is 5.42. The van der Waals surface area contributed by atoms with E-state index in [1.807, 2.05) is 6.07 Å². The van der Waals surface area contributed by atoms with Crippen LogP contribution >= 0.6 is 0 Å². The van der Waals surface area contributed by atoms with Crippen LogP contribution in [0.3, 0.4) is 0 Å². The summed E-state index contributed by atoms with van der Waals surface area (Å²) in [4.78, 5) is 5.91. The van der Waals surface area contributed by atoms with Crippen LogP contribution in [0, 0.1) is 11.8 Å². The van der Waals surface area contributed by atoms with Gasteiger partial charge in [0.05, 0.1) is 7.11 Å². The number of ether oxygens (including phenoxy) is 1. The van der Waals surface area contributed by atoms with Gasteiger partial charge in [-0.15, -0.1) is 0 Å². The van der Waals surface area contributed by atoms with E-state index in [2.05, 4.69) is 42.3 Å². The SMILES string of the molecule is COc1ccc2[nH]cc([C@H]3[C@H]4CC[C@H](C4)[C@@H]3N(C)C)c2c1. The molecule has 21 heavy (non-hydrogen) atoms. The molecule has 4 atom stereocenters. The van der Waals surface area contributed by atoms with Crippen molar-refractivity contribution in [1.82, 2.24) is 9.88 Å². The van der Waals surface area contributed by atoms with Crippen LogP contribution in [0.1, 0.15) is 30.7 Å². The summed E-state index contributed by atoms with van der Waals surface area (Å²) >= 11 is 0. The molecule has 0 spiro atoms. The Bertz CT molecular complexity index is 660. The Morgan fingerprint density at radius 1 is 1.19 bits per heavy atom. The van der Waals surface area contributed by atoms with Gasteiger partial charge in [-0.05, 0) is 69.0 Å². The molecule has 2 aliphatic rings. The van der Waals surface area contributed by atoms with E-state index >= 15 is 0 Å². The fourth-order valence-electron chi connectivity index (χ4n) is 4.97. The predicted octanol–water partition coefficient (Wildman–Crippen LogP) is 3.62. The molecular formula is C18H24N2O. The van der Waals surface area contributed by atoms with E-state index in [1.165, 1.54) is 35.7 Å². The Labute approximate surface area is 126 Å². The molecule has 1 aromatic carbocycles. The Balaban J connectivity index is 1.82. The summed E-state index contributed by atoms with van der Waals surface area (Å²) in [6, 6.07) is 7.05. The highest BCUT2D eigenvalue weighted by molar-refractivity contribution is 5.85. The minimum absolute atomic E-state index is 0.666. The molecule has 1 aromatic heterocycles. The Hall–Kier alpha value is -1.48. The number of fused-ring (bicyclic) bond motifs is 3. The first-order valence-corrected chi connectivity index (χ1v) is 8.00. The van der Waals surface area contributed by atoms with E-state index in [9.17, 15) is 0 Å². The molecule has 1 heterocycles. The molecule has 112 valence electrons. The quantitative estimate of drug-likeness (QED) is 0.932. The van der Waals surface area contributed by atoms with Crippen LogP contribution in [0.15, 0.2) is 24.4 Å². The summed E-state index contributed by atoms with van der Waals surface area (Å²) in [6.45, 7) is 0. The number of nitrogens with zero attached hydrogens (tertiary/aromatic N) is 1. The van der Waals surface area contributed by atoms with Crippen molar-refractivity contribution in [3.63, 3.8) is 0 Å². The van der Waals surface area contributed by atoms with Gasteiger partial charge in [-0.1, -0.05) is 0 Å². The molecule has 2 bridgehead atoms. The van der Waals surface area contributed by atoms with Crippen molar-refractivity contribution < 1.29 is 4.74 Å². The minimum atomic E-state index is 0.666. The minimum Gasteiger partial charge on any atom is -0.497 e. The number of aromatic amines is 1. The van der Waals surface area contributed by atoms with Gasteiger partial charge in [0.25, 0.3) is 0 Å². The second kappa shape index (κ2) is 4.77. The zero-order valence-corrected chi connectivity index (χ0v) is 13.1. The van der Waals surface area contributed by atoms with Gasteiger partial charge in [-0.3, -0.25) is 0 Å². The average Bonchev–Trinajstić information content (AvgIpc) is 3.19. The summed E-state index contributed by atoms with van der Waals surface area (Å²) < 4.78 is 5.42. The van der Waals surface area contributed by atoms with Gasteiger partial charge < -0.3 is 14.6 Å². The lowest BCUT2D eigenvalue weighted by atomic mass is 9.79. The van der Waals surface area contributed by atoms with Crippen LogP contribution in [0.25, 0.3) is 10.9 Å². The number of rotatable bonds is 3. The van der Waals surface area contributed by atoms with Gasteiger partial charge in [-0.2, -0.15) is 0 Å². The molecule has 0 aliphatic heterocycles. The number of nitrogens with one attached hydrogen (secondary N) is 1. The van der Waals surface area contributed by atoms with E-state index < -0.39 is 0 Å². The van der Waals surface area contributed by atoms with Crippen molar-refractivity contribution in [1.29, 1.82) is 0 Å². The third-order valence-corrected chi connectivity index (χ3v) is 5.75. The smallest absolute Gasteiger partial charge is 0.119 e. The van der Waals surface area contributed by atoms with Gasteiger partial charge in [0.2, 0.25) is 0 Å². The third kappa shape index (κ3) is 1.90. The maximum atomic E-state index is 5.42. The van der Waals surface area contributed by atoms with Crippen molar-refractivity contribution in [2.75, 3.05) is 21.2 Å². The molecule has 2 saturated carbocycles. The van der Waals surface area contributed by atoms with Gasteiger partial charge in [0.1, 0.15) is 5.75 Å². The first kappa shape index (κ1) is 13.2. The zero-order chi connectivity index (χ0) is 14.6. The molecule has 2 fully saturated rings. The normalized spacial score (nSPS) is 31.4. The number of H-pyrrole nitrogens is 1. The van der Waals surface area contributed by atoms with Crippen LogP contribution in [-0.4, -0.2) is 37.1 Å². The first-order valence-electron chi connectivity index (χ1n) is 8.00. The average molecular weight is 284 g/mol. The third-order valence-electron chi connectivity index (χ3n) is 5.75. The van der Waals surface area contributed by atoms with Gasteiger partial charge in [0, 0.05) is 29.1 Å². The molecule has 2 aliphatic carbocycles. The predicted molar refractivity (Wildman–Crippen MR) is 85.9 cm³/mol. The van der Waals surface area contributed by atoms with Crippen molar-refractivity contribution in [2.24, 2.45) is 11.8 Å². The van der Waals surface area contributed by atoms with Crippen LogP contribution in [0.5, 0.6) is 5.75 Å². The fourth-order valence-corrected chi connectivity index (χ4v) is 4.97. The Kier molecular flexibility index (Phi) is 3.00. The first-order chi connectivity index (χ1) is 10.2. The molecule has 3 nitrogen and oxygen atoms in total.